The molecule has 1 aromatic carbocycles. The quantitative estimate of drug-likeness (QED) is 0.229. The molecule has 0 aliphatic heterocycles. The number of thioether (sulfide) groups is 1. The molecule has 1 saturated carbocycles. The van der Waals surface area contributed by atoms with Crippen molar-refractivity contribution >= 4 is 45.9 Å². The lowest BCUT2D eigenvalue weighted by Crippen LogP contribution is -2.26. The Bertz CT molecular complexity index is 1410. The average Bonchev–Trinajstić information content (AvgIpc) is 3.70. The maximum atomic E-state index is 13.1. The highest BCUT2D eigenvalue weighted by molar-refractivity contribution is 7.99. The molecule has 0 atom stereocenters. The number of nitrogens with one attached hydrogen (secondary N) is 2. The Morgan fingerprint density at radius 2 is 1.90 bits per heavy atom. The minimum atomic E-state index is -0.383. The van der Waals surface area contributed by atoms with Crippen molar-refractivity contribution in [3.05, 3.63) is 51.7 Å². The van der Waals surface area contributed by atoms with E-state index in [0.717, 1.165) is 55.4 Å². The zero-order chi connectivity index (χ0) is 28.8. The van der Waals surface area contributed by atoms with Crippen molar-refractivity contribution in [2.45, 2.75) is 76.0 Å². The summed E-state index contributed by atoms with van der Waals surface area (Å²) in [6.07, 6.45) is 8.15. The van der Waals surface area contributed by atoms with Crippen LogP contribution in [0.4, 0.5) is 5.00 Å². The first-order valence-corrected chi connectivity index (χ1v) is 15.9. The van der Waals surface area contributed by atoms with Crippen LogP contribution in [-0.4, -0.2) is 52.0 Å². The number of nitrogens with zero attached hydrogens (tertiary/aromatic N) is 3. The minimum Gasteiger partial charge on any atom is -0.496 e. The highest BCUT2D eigenvalue weighted by Crippen LogP contribution is 2.40. The van der Waals surface area contributed by atoms with Crippen molar-refractivity contribution in [1.82, 2.24) is 20.1 Å². The molecule has 0 bridgehead atoms. The first kappa shape index (κ1) is 29.1. The van der Waals surface area contributed by atoms with Crippen LogP contribution in [0.25, 0.3) is 0 Å². The smallest absolute Gasteiger partial charge is 0.341 e. The van der Waals surface area contributed by atoms with E-state index in [9.17, 15) is 14.4 Å². The van der Waals surface area contributed by atoms with Crippen LogP contribution in [0.3, 0.4) is 0 Å². The van der Waals surface area contributed by atoms with E-state index in [1.54, 1.807) is 25.1 Å². The van der Waals surface area contributed by atoms with Gasteiger partial charge >= 0.3 is 5.97 Å². The Morgan fingerprint density at radius 3 is 2.68 bits per heavy atom. The van der Waals surface area contributed by atoms with E-state index in [1.165, 1.54) is 36.6 Å². The number of anilines is 1. The van der Waals surface area contributed by atoms with Gasteiger partial charge in [0.05, 0.1) is 37.1 Å². The fraction of sp³-hybridized carbons (Fsp3) is 0.483. The van der Waals surface area contributed by atoms with Gasteiger partial charge in [0.25, 0.3) is 5.91 Å². The Balaban J connectivity index is 1.28. The minimum absolute atomic E-state index is 0.114. The number of benzene rings is 1. The van der Waals surface area contributed by atoms with Gasteiger partial charge in [-0.25, -0.2) is 4.79 Å². The molecule has 0 saturated heterocycles. The number of fused-ring (bicyclic) bond motifs is 1. The van der Waals surface area contributed by atoms with Crippen LogP contribution in [-0.2, 0) is 28.9 Å². The van der Waals surface area contributed by atoms with Gasteiger partial charge in [-0.1, -0.05) is 43.2 Å². The van der Waals surface area contributed by atoms with E-state index in [1.807, 2.05) is 6.07 Å². The van der Waals surface area contributed by atoms with Crippen molar-refractivity contribution < 1.29 is 23.9 Å². The summed E-state index contributed by atoms with van der Waals surface area (Å²) in [6, 6.07) is 7.28. The topological polar surface area (TPSA) is 124 Å². The van der Waals surface area contributed by atoms with Crippen LogP contribution in [0, 0.1) is 0 Å². The zero-order valence-corrected chi connectivity index (χ0v) is 25.0. The molecule has 3 aromatic rings. The highest BCUT2D eigenvalue weighted by Gasteiger charge is 2.29. The number of esters is 1. The van der Waals surface area contributed by atoms with Crippen LogP contribution >= 0.6 is 23.1 Å². The van der Waals surface area contributed by atoms with Crippen molar-refractivity contribution in [2.75, 3.05) is 24.8 Å². The van der Waals surface area contributed by atoms with Gasteiger partial charge in [-0.15, -0.1) is 21.5 Å². The van der Waals surface area contributed by atoms with Crippen LogP contribution in [0.5, 0.6) is 5.75 Å². The number of rotatable bonds is 11. The number of hydrogen-bond donors (Lipinski definition) is 2. The molecule has 5 rings (SSSR count). The van der Waals surface area contributed by atoms with Gasteiger partial charge < -0.3 is 24.7 Å². The number of carbonyl (C=O) groups is 3. The summed E-state index contributed by atoms with van der Waals surface area (Å²) in [5.74, 6) is 0.416. The largest absolute Gasteiger partial charge is 0.496 e. The number of carbonyl (C=O) groups excluding carboxylic acids is 3. The molecule has 2 aliphatic rings. The molecule has 0 spiro atoms. The molecule has 41 heavy (non-hydrogen) atoms. The second-order valence-corrected chi connectivity index (χ2v) is 12.1. The molecule has 2 aliphatic carbocycles. The molecule has 2 N–H and O–H groups in total. The Hall–Kier alpha value is -3.38. The van der Waals surface area contributed by atoms with Crippen LogP contribution < -0.4 is 15.4 Å². The molecule has 12 heteroatoms. The summed E-state index contributed by atoms with van der Waals surface area (Å²) in [6.45, 7) is 2.27. The average molecular weight is 598 g/mol. The molecular weight excluding hydrogens is 562 g/mol. The van der Waals surface area contributed by atoms with Gasteiger partial charge in [0, 0.05) is 10.9 Å². The van der Waals surface area contributed by atoms with Gasteiger partial charge in [0.15, 0.2) is 11.0 Å². The second-order valence-electron chi connectivity index (χ2n) is 10.1. The summed E-state index contributed by atoms with van der Waals surface area (Å²) < 4.78 is 12.7. The standard InChI is InChI=1S/C29H35N5O5S2/c1-3-39-28(37)25-20-13-9-15-22(20)41-27(25)31-24(35)17-40-29-33-32-23(34(29)18-10-5-4-6-11-18)16-30-26(36)19-12-7-8-14-21(19)38-2/h7-8,12,14,18H,3-6,9-11,13,15-17H2,1-2H3,(H,30,36)(H,31,35). The van der Waals surface area contributed by atoms with Crippen LogP contribution in [0.15, 0.2) is 29.4 Å². The lowest BCUT2D eigenvalue weighted by molar-refractivity contribution is -0.113. The second kappa shape index (κ2) is 13.5. The molecule has 2 aromatic heterocycles. The van der Waals surface area contributed by atoms with Gasteiger partial charge in [-0.2, -0.15) is 0 Å². The SMILES string of the molecule is CCOC(=O)c1c(NC(=O)CSc2nnc(CNC(=O)c3ccccc3OC)n2C2CCCCC2)sc2c1CCC2. The van der Waals surface area contributed by atoms with E-state index in [-0.39, 0.29) is 42.7 Å². The third kappa shape index (κ3) is 6.59. The first-order valence-electron chi connectivity index (χ1n) is 14.1. The number of amides is 2. The number of methoxy groups -OCH3 is 1. The summed E-state index contributed by atoms with van der Waals surface area (Å²) in [7, 11) is 1.54. The number of aryl methyl sites for hydroxylation is 1. The molecule has 0 unspecified atom stereocenters. The number of hydrogen-bond acceptors (Lipinski definition) is 9. The van der Waals surface area contributed by atoms with Gasteiger partial charge in [0.1, 0.15) is 10.8 Å². The molecule has 1 fully saturated rings. The van der Waals surface area contributed by atoms with E-state index >= 15 is 0 Å². The van der Waals surface area contributed by atoms with Crippen molar-refractivity contribution in [3.8, 4) is 5.75 Å². The molecule has 2 amide bonds. The van der Waals surface area contributed by atoms with Crippen LogP contribution in [0.2, 0.25) is 0 Å². The fourth-order valence-corrected chi connectivity index (χ4v) is 7.64. The van der Waals surface area contributed by atoms with E-state index in [4.69, 9.17) is 9.47 Å². The molecular formula is C29H35N5O5S2. The van der Waals surface area contributed by atoms with E-state index in [0.29, 0.717) is 32.9 Å². The summed E-state index contributed by atoms with van der Waals surface area (Å²) >= 11 is 2.78. The third-order valence-corrected chi connectivity index (χ3v) is 9.57. The monoisotopic (exact) mass is 597 g/mol. The van der Waals surface area contributed by atoms with Gasteiger partial charge in [-0.05, 0) is 56.7 Å². The maximum absolute atomic E-state index is 13.1. The predicted octanol–water partition coefficient (Wildman–Crippen LogP) is 5.18. The first-order chi connectivity index (χ1) is 20.0. The van der Waals surface area contributed by atoms with Crippen LogP contribution in [0.1, 0.15) is 88.5 Å². The normalized spacial score (nSPS) is 14.9. The van der Waals surface area contributed by atoms with Gasteiger partial charge in [-0.3, -0.25) is 9.59 Å². The predicted molar refractivity (Wildman–Crippen MR) is 158 cm³/mol. The fourth-order valence-electron chi connectivity index (χ4n) is 5.52. The van der Waals surface area contributed by atoms with Crippen molar-refractivity contribution in [1.29, 1.82) is 0 Å². The lowest BCUT2D eigenvalue weighted by Gasteiger charge is -2.25. The number of ether oxygens (including phenoxy) is 2. The summed E-state index contributed by atoms with van der Waals surface area (Å²) in [5.41, 5.74) is 1.96. The molecule has 0 radical (unpaired) electrons. The maximum Gasteiger partial charge on any atom is 0.341 e. The summed E-state index contributed by atoms with van der Waals surface area (Å²) in [4.78, 5) is 39.8. The number of thiophene rings is 1. The Kier molecular flexibility index (Phi) is 9.60. The van der Waals surface area contributed by atoms with E-state index in [2.05, 4.69) is 25.4 Å². The highest BCUT2D eigenvalue weighted by atomic mass is 32.2. The third-order valence-electron chi connectivity index (χ3n) is 7.42. The van der Waals surface area contributed by atoms with Crippen molar-refractivity contribution in [3.63, 3.8) is 0 Å². The molecule has 10 nitrogen and oxygen atoms in total. The van der Waals surface area contributed by atoms with Gasteiger partial charge in [0.2, 0.25) is 5.91 Å². The molecule has 2 heterocycles. The Morgan fingerprint density at radius 1 is 1.10 bits per heavy atom. The van der Waals surface area contributed by atoms with E-state index < -0.39 is 0 Å². The molecule has 218 valence electrons. The number of aromatic nitrogens is 3. The van der Waals surface area contributed by atoms with Crippen molar-refractivity contribution in [2.24, 2.45) is 0 Å². The Labute approximate surface area is 247 Å². The lowest BCUT2D eigenvalue weighted by atomic mass is 9.95. The summed E-state index contributed by atoms with van der Waals surface area (Å²) in [5, 5.41) is 15.9. The zero-order valence-electron chi connectivity index (χ0n) is 23.4. The number of para-hydroxylation sites is 1.